The molecule has 1 aromatic rings. The molecule has 0 amide bonds. The Morgan fingerprint density at radius 2 is 1.64 bits per heavy atom. The molecule has 0 unspecified atom stereocenters. The molecule has 0 saturated heterocycles. The summed E-state index contributed by atoms with van der Waals surface area (Å²) in [6, 6.07) is 8.70. The van der Waals surface area contributed by atoms with Crippen LogP contribution in [0.4, 0.5) is 0 Å². The summed E-state index contributed by atoms with van der Waals surface area (Å²) in [7, 11) is 0. The SMILES string of the molecule is Cc1ccc(CC=C2C=CC=C2)cc1. The molecule has 0 N–H and O–H groups in total. The maximum atomic E-state index is 2.25. The highest BCUT2D eigenvalue weighted by Gasteiger charge is 1.93. The Morgan fingerprint density at radius 3 is 2.29 bits per heavy atom. The van der Waals surface area contributed by atoms with Gasteiger partial charge in [0.15, 0.2) is 0 Å². The van der Waals surface area contributed by atoms with Gasteiger partial charge in [-0.15, -0.1) is 0 Å². The Balaban J connectivity index is 2.04. The molecule has 0 nitrogen and oxygen atoms in total. The molecule has 0 aliphatic heterocycles. The van der Waals surface area contributed by atoms with Crippen LogP contribution in [0.25, 0.3) is 0 Å². The molecule has 0 radical (unpaired) electrons. The van der Waals surface area contributed by atoms with Gasteiger partial charge in [0.05, 0.1) is 0 Å². The molecular formula is C14H14. The van der Waals surface area contributed by atoms with E-state index in [1.807, 2.05) is 0 Å². The molecule has 1 aromatic carbocycles. The topological polar surface area (TPSA) is 0 Å². The number of aryl methyl sites for hydroxylation is 1. The van der Waals surface area contributed by atoms with Crippen molar-refractivity contribution >= 4 is 0 Å². The number of hydrogen-bond donors (Lipinski definition) is 0. The zero-order valence-corrected chi connectivity index (χ0v) is 8.40. The Bertz CT molecular complexity index is 375. The van der Waals surface area contributed by atoms with Gasteiger partial charge in [-0.05, 0) is 24.5 Å². The van der Waals surface area contributed by atoms with Crippen molar-refractivity contribution in [1.82, 2.24) is 0 Å². The Hall–Kier alpha value is -1.56. The molecule has 0 fully saturated rings. The highest BCUT2D eigenvalue weighted by molar-refractivity contribution is 5.40. The molecule has 0 spiro atoms. The summed E-state index contributed by atoms with van der Waals surface area (Å²) < 4.78 is 0. The van der Waals surface area contributed by atoms with Gasteiger partial charge in [0, 0.05) is 0 Å². The van der Waals surface area contributed by atoms with Crippen molar-refractivity contribution in [2.45, 2.75) is 13.3 Å². The third kappa shape index (κ3) is 2.23. The van der Waals surface area contributed by atoms with Crippen LogP contribution in [0.2, 0.25) is 0 Å². The van der Waals surface area contributed by atoms with Gasteiger partial charge in [-0.25, -0.2) is 0 Å². The second-order valence-corrected chi connectivity index (χ2v) is 3.61. The first-order valence-corrected chi connectivity index (χ1v) is 4.95. The average Bonchev–Trinajstić information content (AvgIpc) is 2.70. The lowest BCUT2D eigenvalue weighted by molar-refractivity contribution is 1.25. The van der Waals surface area contributed by atoms with Gasteiger partial charge in [0.25, 0.3) is 0 Å². The van der Waals surface area contributed by atoms with Crippen molar-refractivity contribution in [3.8, 4) is 0 Å². The highest BCUT2D eigenvalue weighted by atomic mass is 14.0. The largest absolute Gasteiger partial charge is 0.0729 e. The van der Waals surface area contributed by atoms with E-state index in [4.69, 9.17) is 0 Å². The molecule has 0 saturated carbocycles. The van der Waals surface area contributed by atoms with E-state index in [2.05, 4.69) is 61.6 Å². The van der Waals surface area contributed by atoms with Gasteiger partial charge in [0.1, 0.15) is 0 Å². The van der Waals surface area contributed by atoms with Crippen LogP contribution in [0.15, 0.2) is 60.2 Å². The zero-order chi connectivity index (χ0) is 9.80. The Kier molecular flexibility index (Phi) is 2.64. The smallest absolute Gasteiger partial charge is 0.00884 e. The second kappa shape index (κ2) is 4.10. The summed E-state index contributed by atoms with van der Waals surface area (Å²) in [6.07, 6.45) is 11.7. The van der Waals surface area contributed by atoms with Crippen molar-refractivity contribution in [3.63, 3.8) is 0 Å². The van der Waals surface area contributed by atoms with Crippen molar-refractivity contribution in [2.24, 2.45) is 0 Å². The molecule has 0 bridgehead atoms. The molecule has 0 aromatic heterocycles. The average molecular weight is 182 g/mol. The standard InChI is InChI=1S/C14H14/c1-12-6-8-14(9-7-12)11-10-13-4-2-3-5-13/h2-10H,11H2,1H3. The van der Waals surface area contributed by atoms with Gasteiger partial charge >= 0.3 is 0 Å². The van der Waals surface area contributed by atoms with Crippen molar-refractivity contribution in [3.05, 3.63) is 71.3 Å². The van der Waals surface area contributed by atoms with E-state index in [0.717, 1.165) is 6.42 Å². The fraction of sp³-hybridized carbons (Fsp3) is 0.143. The Morgan fingerprint density at radius 1 is 1.00 bits per heavy atom. The molecule has 70 valence electrons. The minimum atomic E-state index is 1.02. The van der Waals surface area contributed by atoms with E-state index < -0.39 is 0 Å². The van der Waals surface area contributed by atoms with E-state index in [1.165, 1.54) is 16.7 Å². The number of rotatable bonds is 2. The molecular weight excluding hydrogens is 168 g/mol. The molecule has 14 heavy (non-hydrogen) atoms. The van der Waals surface area contributed by atoms with Gasteiger partial charge in [-0.3, -0.25) is 0 Å². The molecule has 1 aliphatic carbocycles. The summed E-state index contributed by atoms with van der Waals surface area (Å²) in [4.78, 5) is 0. The van der Waals surface area contributed by atoms with E-state index in [-0.39, 0.29) is 0 Å². The first kappa shape index (κ1) is 9.01. The minimum absolute atomic E-state index is 1.02. The van der Waals surface area contributed by atoms with Gasteiger partial charge < -0.3 is 0 Å². The van der Waals surface area contributed by atoms with Gasteiger partial charge in [0.2, 0.25) is 0 Å². The normalized spacial score (nSPS) is 13.6. The van der Waals surface area contributed by atoms with Gasteiger partial charge in [-0.1, -0.05) is 60.2 Å². The number of allylic oxidation sites excluding steroid dienone is 6. The number of benzene rings is 1. The van der Waals surface area contributed by atoms with Crippen LogP contribution in [0.1, 0.15) is 11.1 Å². The van der Waals surface area contributed by atoms with Crippen LogP contribution in [0, 0.1) is 6.92 Å². The summed E-state index contributed by atoms with van der Waals surface area (Å²) in [5.41, 5.74) is 4.00. The minimum Gasteiger partial charge on any atom is -0.0729 e. The summed E-state index contributed by atoms with van der Waals surface area (Å²) in [5.74, 6) is 0. The predicted molar refractivity (Wildman–Crippen MR) is 61.2 cm³/mol. The van der Waals surface area contributed by atoms with E-state index in [0.29, 0.717) is 0 Å². The lowest BCUT2D eigenvalue weighted by Gasteiger charge is -1.97. The zero-order valence-electron chi connectivity index (χ0n) is 8.40. The molecule has 1 aliphatic rings. The van der Waals surface area contributed by atoms with Crippen molar-refractivity contribution < 1.29 is 0 Å². The fourth-order valence-corrected chi connectivity index (χ4v) is 1.48. The van der Waals surface area contributed by atoms with E-state index in [9.17, 15) is 0 Å². The van der Waals surface area contributed by atoms with Crippen molar-refractivity contribution in [2.75, 3.05) is 0 Å². The lowest BCUT2D eigenvalue weighted by atomic mass is 10.1. The van der Waals surface area contributed by atoms with Crippen molar-refractivity contribution in [1.29, 1.82) is 0 Å². The molecule has 2 rings (SSSR count). The first-order chi connectivity index (χ1) is 6.84. The molecule has 0 heterocycles. The van der Waals surface area contributed by atoms with Crippen LogP contribution in [0.3, 0.4) is 0 Å². The quantitative estimate of drug-likeness (QED) is 0.655. The van der Waals surface area contributed by atoms with Crippen LogP contribution in [0.5, 0.6) is 0 Å². The number of hydrogen-bond acceptors (Lipinski definition) is 0. The van der Waals surface area contributed by atoms with Gasteiger partial charge in [-0.2, -0.15) is 0 Å². The highest BCUT2D eigenvalue weighted by Crippen LogP contribution is 2.10. The van der Waals surface area contributed by atoms with E-state index >= 15 is 0 Å². The summed E-state index contributed by atoms with van der Waals surface area (Å²) in [6.45, 7) is 2.12. The first-order valence-electron chi connectivity index (χ1n) is 4.95. The summed E-state index contributed by atoms with van der Waals surface area (Å²) >= 11 is 0. The Labute approximate surface area is 85.3 Å². The lowest BCUT2D eigenvalue weighted by Crippen LogP contribution is -1.82. The van der Waals surface area contributed by atoms with Crippen LogP contribution >= 0.6 is 0 Å². The van der Waals surface area contributed by atoms with Crippen LogP contribution < -0.4 is 0 Å². The van der Waals surface area contributed by atoms with E-state index in [1.54, 1.807) is 0 Å². The summed E-state index contributed by atoms with van der Waals surface area (Å²) in [5, 5.41) is 0. The fourth-order valence-electron chi connectivity index (χ4n) is 1.48. The predicted octanol–water partition coefficient (Wildman–Crippen LogP) is 3.59. The third-order valence-electron chi connectivity index (χ3n) is 2.38. The third-order valence-corrected chi connectivity index (χ3v) is 2.38. The second-order valence-electron chi connectivity index (χ2n) is 3.61. The maximum Gasteiger partial charge on any atom is -0.00884 e. The molecule has 0 heteroatoms. The van der Waals surface area contributed by atoms with Crippen LogP contribution in [-0.2, 0) is 6.42 Å². The monoisotopic (exact) mass is 182 g/mol. The van der Waals surface area contributed by atoms with Crippen LogP contribution in [-0.4, -0.2) is 0 Å². The molecule has 0 atom stereocenters. The maximum absolute atomic E-state index is 2.25.